The number of carboxylic acids is 1. The number of rotatable bonds is 7. The van der Waals surface area contributed by atoms with E-state index in [9.17, 15) is 9.59 Å². The second-order valence-electron chi connectivity index (χ2n) is 5.87. The highest BCUT2D eigenvalue weighted by atomic mass is 16.4. The SMILES string of the molecule is CC(C)N(CCCCCO)C(=O)N1C[C@@H](N)[C@@H](C(=O)O)C1. The van der Waals surface area contributed by atoms with Gasteiger partial charge in [-0.2, -0.15) is 0 Å². The minimum atomic E-state index is -0.947. The van der Waals surface area contributed by atoms with Gasteiger partial charge in [0, 0.05) is 38.3 Å². The fourth-order valence-electron chi connectivity index (χ4n) is 2.57. The van der Waals surface area contributed by atoms with E-state index < -0.39 is 17.9 Å². The lowest BCUT2D eigenvalue weighted by Gasteiger charge is -2.31. The maximum atomic E-state index is 12.5. The third kappa shape index (κ3) is 4.86. The van der Waals surface area contributed by atoms with E-state index in [1.807, 2.05) is 13.8 Å². The van der Waals surface area contributed by atoms with Gasteiger partial charge in [0.15, 0.2) is 0 Å². The standard InChI is InChI=1S/C14H27N3O4/c1-10(2)17(6-4-3-5-7-18)14(21)16-8-11(13(19)20)12(15)9-16/h10-12,18H,3-9,15H2,1-2H3,(H,19,20)/t11-,12+/m0/s1. The Kier molecular flexibility index (Phi) is 6.91. The monoisotopic (exact) mass is 301 g/mol. The molecule has 4 N–H and O–H groups in total. The van der Waals surface area contributed by atoms with Crippen LogP contribution in [-0.4, -0.2) is 70.3 Å². The number of nitrogens with two attached hydrogens (primary N) is 1. The normalized spacial score (nSPS) is 21.9. The zero-order valence-corrected chi connectivity index (χ0v) is 12.9. The highest BCUT2D eigenvalue weighted by molar-refractivity contribution is 5.78. The molecule has 0 aromatic rings. The van der Waals surface area contributed by atoms with Crippen molar-refractivity contribution in [2.75, 3.05) is 26.2 Å². The average molecular weight is 301 g/mol. The Labute approximate surface area is 125 Å². The molecule has 1 aliphatic rings. The van der Waals surface area contributed by atoms with E-state index in [1.165, 1.54) is 4.90 Å². The number of aliphatic hydroxyl groups is 1. The Balaban J connectivity index is 2.59. The first-order valence-electron chi connectivity index (χ1n) is 7.53. The molecule has 1 saturated heterocycles. The average Bonchev–Trinajstić information content (AvgIpc) is 2.80. The van der Waals surface area contributed by atoms with Crippen LogP contribution in [0.4, 0.5) is 4.79 Å². The van der Waals surface area contributed by atoms with E-state index >= 15 is 0 Å². The molecule has 1 heterocycles. The van der Waals surface area contributed by atoms with Crippen molar-refractivity contribution in [2.45, 2.75) is 45.2 Å². The number of likely N-dealkylation sites (tertiary alicyclic amines) is 1. The molecule has 7 nitrogen and oxygen atoms in total. The van der Waals surface area contributed by atoms with Crippen molar-refractivity contribution in [3.8, 4) is 0 Å². The smallest absolute Gasteiger partial charge is 0.320 e. The van der Waals surface area contributed by atoms with Gasteiger partial charge in [-0.1, -0.05) is 0 Å². The highest BCUT2D eigenvalue weighted by Crippen LogP contribution is 2.18. The lowest BCUT2D eigenvalue weighted by atomic mass is 10.1. The minimum Gasteiger partial charge on any atom is -0.481 e. The molecule has 0 aromatic heterocycles. The van der Waals surface area contributed by atoms with Gasteiger partial charge < -0.3 is 25.7 Å². The molecular formula is C14H27N3O4. The summed E-state index contributed by atoms with van der Waals surface area (Å²) in [6.45, 7) is 5.12. The number of aliphatic carboxylic acids is 1. The summed E-state index contributed by atoms with van der Waals surface area (Å²) in [4.78, 5) is 26.9. The van der Waals surface area contributed by atoms with Crippen LogP contribution < -0.4 is 5.73 Å². The van der Waals surface area contributed by atoms with Crippen molar-refractivity contribution in [1.29, 1.82) is 0 Å². The third-order valence-corrected chi connectivity index (χ3v) is 3.88. The molecule has 0 unspecified atom stereocenters. The largest absolute Gasteiger partial charge is 0.481 e. The molecule has 0 aromatic carbocycles. The van der Waals surface area contributed by atoms with Gasteiger partial charge in [-0.25, -0.2) is 4.79 Å². The number of carboxylic acid groups (broad SMARTS) is 1. The number of amides is 2. The van der Waals surface area contributed by atoms with Gasteiger partial charge in [-0.15, -0.1) is 0 Å². The van der Waals surface area contributed by atoms with Crippen LogP contribution in [0.25, 0.3) is 0 Å². The lowest BCUT2D eigenvalue weighted by molar-refractivity contribution is -0.141. The van der Waals surface area contributed by atoms with Crippen molar-refractivity contribution in [3.63, 3.8) is 0 Å². The van der Waals surface area contributed by atoms with Gasteiger partial charge >= 0.3 is 12.0 Å². The number of urea groups is 1. The summed E-state index contributed by atoms with van der Waals surface area (Å²) in [7, 11) is 0. The zero-order chi connectivity index (χ0) is 16.0. The first-order valence-corrected chi connectivity index (χ1v) is 7.53. The van der Waals surface area contributed by atoms with E-state index in [1.54, 1.807) is 4.90 Å². The molecule has 0 bridgehead atoms. The number of carbonyl (C=O) groups excluding carboxylic acids is 1. The Morgan fingerprint density at radius 3 is 2.43 bits per heavy atom. The molecule has 21 heavy (non-hydrogen) atoms. The summed E-state index contributed by atoms with van der Waals surface area (Å²) in [5.41, 5.74) is 5.80. The quantitative estimate of drug-likeness (QED) is 0.587. The van der Waals surface area contributed by atoms with Gasteiger partial charge in [0.2, 0.25) is 0 Å². The Morgan fingerprint density at radius 2 is 1.95 bits per heavy atom. The van der Waals surface area contributed by atoms with Gasteiger partial charge in [-0.3, -0.25) is 4.79 Å². The molecular weight excluding hydrogens is 274 g/mol. The fraction of sp³-hybridized carbons (Fsp3) is 0.857. The van der Waals surface area contributed by atoms with E-state index in [0.29, 0.717) is 6.54 Å². The Morgan fingerprint density at radius 1 is 1.29 bits per heavy atom. The van der Waals surface area contributed by atoms with Crippen LogP contribution >= 0.6 is 0 Å². The molecule has 122 valence electrons. The molecule has 0 saturated carbocycles. The predicted octanol–water partition coefficient (Wildman–Crippen LogP) is 0.323. The molecule has 0 spiro atoms. The third-order valence-electron chi connectivity index (χ3n) is 3.88. The van der Waals surface area contributed by atoms with Crippen LogP contribution in [0, 0.1) is 5.92 Å². The topological polar surface area (TPSA) is 107 Å². The Bertz CT molecular complexity index is 362. The molecule has 1 fully saturated rings. The van der Waals surface area contributed by atoms with Crippen LogP contribution in [0.3, 0.4) is 0 Å². The number of aliphatic hydroxyl groups excluding tert-OH is 1. The van der Waals surface area contributed by atoms with E-state index in [4.69, 9.17) is 15.9 Å². The maximum Gasteiger partial charge on any atom is 0.320 e. The molecule has 0 aliphatic carbocycles. The number of carbonyl (C=O) groups is 2. The lowest BCUT2D eigenvalue weighted by Crippen LogP contribution is -2.46. The van der Waals surface area contributed by atoms with Crippen molar-refractivity contribution in [2.24, 2.45) is 11.7 Å². The van der Waals surface area contributed by atoms with E-state index in [0.717, 1.165) is 19.3 Å². The van der Waals surface area contributed by atoms with E-state index in [2.05, 4.69) is 0 Å². The first kappa shape index (κ1) is 17.7. The highest BCUT2D eigenvalue weighted by Gasteiger charge is 2.39. The summed E-state index contributed by atoms with van der Waals surface area (Å²) < 4.78 is 0. The molecule has 2 amide bonds. The van der Waals surface area contributed by atoms with Crippen LogP contribution in [0.1, 0.15) is 33.1 Å². The van der Waals surface area contributed by atoms with Crippen LogP contribution in [0.5, 0.6) is 0 Å². The zero-order valence-electron chi connectivity index (χ0n) is 12.9. The molecule has 7 heteroatoms. The summed E-state index contributed by atoms with van der Waals surface area (Å²) in [5, 5.41) is 17.9. The Hall–Kier alpha value is -1.34. The summed E-state index contributed by atoms with van der Waals surface area (Å²) in [6, 6.07) is -0.602. The van der Waals surface area contributed by atoms with Crippen molar-refractivity contribution in [1.82, 2.24) is 9.80 Å². The maximum absolute atomic E-state index is 12.5. The van der Waals surface area contributed by atoms with Gasteiger partial charge in [0.25, 0.3) is 0 Å². The predicted molar refractivity (Wildman–Crippen MR) is 78.8 cm³/mol. The van der Waals surface area contributed by atoms with Gasteiger partial charge in [0.1, 0.15) is 0 Å². The van der Waals surface area contributed by atoms with Gasteiger partial charge in [0.05, 0.1) is 5.92 Å². The van der Waals surface area contributed by atoms with Crippen molar-refractivity contribution >= 4 is 12.0 Å². The van der Waals surface area contributed by atoms with Gasteiger partial charge in [-0.05, 0) is 33.1 Å². The number of hydrogen-bond donors (Lipinski definition) is 3. The molecule has 0 radical (unpaired) electrons. The molecule has 1 aliphatic heterocycles. The van der Waals surface area contributed by atoms with Crippen LogP contribution in [0.15, 0.2) is 0 Å². The van der Waals surface area contributed by atoms with E-state index in [-0.39, 0.29) is 31.8 Å². The number of nitrogens with zero attached hydrogens (tertiary/aromatic N) is 2. The second-order valence-corrected chi connectivity index (χ2v) is 5.87. The number of unbranched alkanes of at least 4 members (excludes halogenated alkanes) is 2. The second kappa shape index (κ2) is 8.19. The number of hydrogen-bond acceptors (Lipinski definition) is 4. The van der Waals surface area contributed by atoms with Crippen molar-refractivity contribution < 1.29 is 19.8 Å². The first-order chi connectivity index (χ1) is 9.88. The van der Waals surface area contributed by atoms with Crippen LogP contribution in [-0.2, 0) is 4.79 Å². The molecule has 1 rings (SSSR count). The molecule has 2 atom stereocenters. The summed E-state index contributed by atoms with van der Waals surface area (Å²) in [5.74, 6) is -1.63. The minimum absolute atomic E-state index is 0.0479. The summed E-state index contributed by atoms with van der Waals surface area (Å²) in [6.07, 6.45) is 2.42. The van der Waals surface area contributed by atoms with Crippen molar-refractivity contribution in [3.05, 3.63) is 0 Å². The fourth-order valence-corrected chi connectivity index (χ4v) is 2.57. The summed E-state index contributed by atoms with van der Waals surface area (Å²) >= 11 is 0. The van der Waals surface area contributed by atoms with Crippen LogP contribution in [0.2, 0.25) is 0 Å².